The third-order valence-corrected chi connectivity index (χ3v) is 4.54. The molecule has 1 aromatic rings. The molecule has 1 saturated heterocycles. The summed E-state index contributed by atoms with van der Waals surface area (Å²) in [7, 11) is 0. The van der Waals surface area contributed by atoms with E-state index in [1.54, 1.807) is 12.1 Å². The first-order valence-corrected chi connectivity index (χ1v) is 8.12. The molecule has 2 heterocycles. The van der Waals surface area contributed by atoms with Crippen LogP contribution in [0.25, 0.3) is 0 Å². The van der Waals surface area contributed by atoms with Crippen LogP contribution in [0.3, 0.4) is 0 Å². The minimum atomic E-state index is -0.155. The molecule has 22 heavy (non-hydrogen) atoms. The maximum Gasteiger partial charge on any atom is 0.257 e. The van der Waals surface area contributed by atoms with Gasteiger partial charge in [0.05, 0.1) is 5.56 Å². The highest BCUT2D eigenvalue weighted by molar-refractivity contribution is 6.29. The number of rotatable bonds is 3. The number of hydrogen-bond acceptors (Lipinski definition) is 3. The minimum Gasteiger partial charge on any atom is -0.322 e. The molecular weight excluding hydrogens is 298 g/mol. The number of nitrogens with one attached hydrogen (secondary N) is 2. The van der Waals surface area contributed by atoms with E-state index in [0.29, 0.717) is 22.6 Å². The molecule has 1 fully saturated rings. The molecule has 1 aromatic heterocycles. The third-order valence-electron chi connectivity index (χ3n) is 4.32. The molecule has 2 aliphatic rings. The molecule has 3 rings (SSSR count). The number of nitrogens with zero attached hydrogens (tertiary/aromatic N) is 1. The number of aromatic nitrogens is 1. The van der Waals surface area contributed by atoms with Crippen LogP contribution in [0, 0.1) is 11.8 Å². The van der Waals surface area contributed by atoms with E-state index in [0.717, 1.165) is 25.2 Å². The van der Waals surface area contributed by atoms with E-state index in [1.165, 1.54) is 19.0 Å². The van der Waals surface area contributed by atoms with Gasteiger partial charge in [-0.3, -0.25) is 4.79 Å². The second kappa shape index (κ2) is 7.07. The molecule has 1 aliphatic carbocycles. The van der Waals surface area contributed by atoms with Crippen LogP contribution in [0.5, 0.6) is 0 Å². The fraction of sp³-hybridized carbons (Fsp3) is 0.412. The van der Waals surface area contributed by atoms with Crippen LogP contribution in [-0.4, -0.2) is 24.0 Å². The van der Waals surface area contributed by atoms with Gasteiger partial charge in [0.2, 0.25) is 0 Å². The van der Waals surface area contributed by atoms with Crippen LogP contribution in [-0.2, 0) is 0 Å². The number of halogens is 1. The van der Waals surface area contributed by atoms with Crippen molar-refractivity contribution in [3.05, 3.63) is 53.0 Å². The van der Waals surface area contributed by atoms with Gasteiger partial charge in [-0.15, -0.1) is 0 Å². The van der Waals surface area contributed by atoms with E-state index < -0.39 is 0 Å². The van der Waals surface area contributed by atoms with E-state index in [2.05, 4.69) is 27.8 Å². The Morgan fingerprint density at radius 2 is 2.32 bits per heavy atom. The Bertz CT molecular complexity index is 588. The molecule has 1 amide bonds. The summed E-state index contributed by atoms with van der Waals surface area (Å²) in [6, 6.07) is 3.29. The average molecular weight is 318 g/mol. The van der Waals surface area contributed by atoms with E-state index in [1.807, 2.05) is 6.08 Å². The second-order valence-corrected chi connectivity index (χ2v) is 6.24. The van der Waals surface area contributed by atoms with Gasteiger partial charge in [0.25, 0.3) is 5.91 Å². The van der Waals surface area contributed by atoms with Crippen LogP contribution in [0.2, 0.25) is 5.15 Å². The standard InChI is InChI=1S/C17H20ClN3O/c18-16-8-5-14(11-20-16)17(22)21-15-6-3-12(4-7-15)13-2-1-9-19-10-13/h3,5-8,11-13,19H,1-2,4,9-10H2,(H,21,22)/t12?,13-/m1/s1. The van der Waals surface area contributed by atoms with E-state index in [9.17, 15) is 4.79 Å². The Labute approximate surface area is 135 Å². The summed E-state index contributed by atoms with van der Waals surface area (Å²) >= 11 is 5.73. The molecule has 0 aromatic carbocycles. The maximum absolute atomic E-state index is 12.1. The summed E-state index contributed by atoms with van der Waals surface area (Å²) in [5, 5.41) is 6.76. The molecule has 0 spiro atoms. The lowest BCUT2D eigenvalue weighted by molar-refractivity contribution is 0.0966. The zero-order valence-electron chi connectivity index (χ0n) is 12.4. The SMILES string of the molecule is O=C(NC1=CCC([C@@H]2CCCNC2)C=C1)c1ccc(Cl)nc1. The van der Waals surface area contributed by atoms with Crippen LogP contribution < -0.4 is 10.6 Å². The Hall–Kier alpha value is -1.65. The molecular formula is C17H20ClN3O. The highest BCUT2D eigenvalue weighted by atomic mass is 35.5. The van der Waals surface area contributed by atoms with Gasteiger partial charge >= 0.3 is 0 Å². The van der Waals surface area contributed by atoms with Gasteiger partial charge < -0.3 is 10.6 Å². The van der Waals surface area contributed by atoms with Gasteiger partial charge in [-0.25, -0.2) is 4.98 Å². The van der Waals surface area contributed by atoms with Crippen LogP contribution in [0.4, 0.5) is 0 Å². The Balaban J connectivity index is 1.56. The van der Waals surface area contributed by atoms with E-state index in [-0.39, 0.29) is 5.91 Å². The van der Waals surface area contributed by atoms with Crippen molar-refractivity contribution >= 4 is 17.5 Å². The van der Waals surface area contributed by atoms with Crippen LogP contribution >= 0.6 is 11.6 Å². The lowest BCUT2D eigenvalue weighted by atomic mass is 9.82. The topological polar surface area (TPSA) is 54.0 Å². The van der Waals surface area contributed by atoms with Crippen molar-refractivity contribution in [2.75, 3.05) is 13.1 Å². The first-order valence-electron chi connectivity index (χ1n) is 7.74. The van der Waals surface area contributed by atoms with Crippen LogP contribution in [0.1, 0.15) is 29.6 Å². The summed E-state index contributed by atoms with van der Waals surface area (Å²) in [6.07, 6.45) is 11.4. The summed E-state index contributed by atoms with van der Waals surface area (Å²) in [6.45, 7) is 2.24. The van der Waals surface area contributed by atoms with Crippen LogP contribution in [0.15, 0.2) is 42.3 Å². The predicted molar refractivity (Wildman–Crippen MR) is 87.6 cm³/mol. The average Bonchev–Trinajstić information content (AvgIpc) is 2.57. The first-order chi connectivity index (χ1) is 10.7. The third kappa shape index (κ3) is 3.76. The van der Waals surface area contributed by atoms with Crippen molar-refractivity contribution in [3.63, 3.8) is 0 Å². The van der Waals surface area contributed by atoms with Gasteiger partial charge in [0.1, 0.15) is 5.15 Å². The molecule has 1 unspecified atom stereocenters. The van der Waals surface area contributed by atoms with Crippen molar-refractivity contribution in [2.24, 2.45) is 11.8 Å². The lowest BCUT2D eigenvalue weighted by Crippen LogP contribution is -2.34. The lowest BCUT2D eigenvalue weighted by Gasteiger charge is -2.30. The largest absolute Gasteiger partial charge is 0.322 e. The van der Waals surface area contributed by atoms with Gasteiger partial charge in [-0.05, 0) is 62.4 Å². The number of piperidine rings is 1. The zero-order chi connectivity index (χ0) is 15.4. The Morgan fingerprint density at radius 1 is 1.41 bits per heavy atom. The summed E-state index contributed by atoms with van der Waals surface area (Å²) in [5.41, 5.74) is 1.37. The highest BCUT2D eigenvalue weighted by Crippen LogP contribution is 2.27. The maximum atomic E-state index is 12.1. The molecule has 0 radical (unpaired) electrons. The van der Waals surface area contributed by atoms with Gasteiger partial charge in [0, 0.05) is 11.9 Å². The molecule has 116 valence electrons. The predicted octanol–water partition coefficient (Wildman–Crippen LogP) is 2.92. The smallest absolute Gasteiger partial charge is 0.257 e. The molecule has 5 heteroatoms. The number of carbonyl (C=O) groups is 1. The molecule has 1 aliphatic heterocycles. The molecule has 4 nitrogen and oxygen atoms in total. The summed E-state index contributed by atoms with van der Waals surface area (Å²) in [5.74, 6) is 1.13. The van der Waals surface area contributed by atoms with Crippen molar-refractivity contribution in [1.82, 2.24) is 15.6 Å². The van der Waals surface area contributed by atoms with Gasteiger partial charge in [-0.2, -0.15) is 0 Å². The Kier molecular flexibility index (Phi) is 4.90. The van der Waals surface area contributed by atoms with Crippen molar-refractivity contribution in [1.29, 1.82) is 0 Å². The fourth-order valence-corrected chi connectivity index (χ4v) is 3.15. The van der Waals surface area contributed by atoms with Gasteiger partial charge in [-0.1, -0.05) is 23.8 Å². The second-order valence-electron chi connectivity index (χ2n) is 5.85. The summed E-state index contributed by atoms with van der Waals surface area (Å²) < 4.78 is 0. The fourth-order valence-electron chi connectivity index (χ4n) is 3.04. The Morgan fingerprint density at radius 3 is 2.95 bits per heavy atom. The van der Waals surface area contributed by atoms with Gasteiger partial charge in [0.15, 0.2) is 0 Å². The number of amides is 1. The normalized spacial score (nSPS) is 24.7. The number of hydrogen-bond donors (Lipinski definition) is 2. The first kappa shape index (κ1) is 15.3. The minimum absolute atomic E-state index is 0.155. The number of carbonyl (C=O) groups excluding carboxylic acids is 1. The number of allylic oxidation sites excluding steroid dienone is 3. The van der Waals surface area contributed by atoms with E-state index >= 15 is 0 Å². The summed E-state index contributed by atoms with van der Waals surface area (Å²) in [4.78, 5) is 16.1. The van der Waals surface area contributed by atoms with Crippen molar-refractivity contribution in [2.45, 2.75) is 19.3 Å². The molecule has 2 atom stereocenters. The molecule has 0 bridgehead atoms. The van der Waals surface area contributed by atoms with Crippen molar-refractivity contribution in [3.8, 4) is 0 Å². The highest BCUT2D eigenvalue weighted by Gasteiger charge is 2.22. The van der Waals surface area contributed by atoms with E-state index in [4.69, 9.17) is 11.6 Å². The molecule has 0 saturated carbocycles. The number of pyridine rings is 1. The van der Waals surface area contributed by atoms with Crippen molar-refractivity contribution < 1.29 is 4.79 Å². The quantitative estimate of drug-likeness (QED) is 0.843. The zero-order valence-corrected chi connectivity index (χ0v) is 13.1. The molecule has 2 N–H and O–H groups in total. The monoisotopic (exact) mass is 317 g/mol.